The van der Waals surface area contributed by atoms with E-state index in [2.05, 4.69) is 499 Å². The van der Waals surface area contributed by atoms with Crippen molar-refractivity contribution in [2.75, 3.05) is 14.7 Å². The van der Waals surface area contributed by atoms with Gasteiger partial charge in [-0.25, -0.2) is 0 Å². The molecule has 135 heavy (non-hydrogen) atoms. The molecule has 3 heterocycles. The Morgan fingerprint density at radius 3 is 1.01 bits per heavy atom. The van der Waals surface area contributed by atoms with Crippen LogP contribution in [-0.4, -0.2) is 0 Å². The zero-order valence-electron chi connectivity index (χ0n) is 75.9. The molecule has 0 bridgehead atoms. The van der Waals surface area contributed by atoms with Crippen molar-refractivity contribution in [3.8, 4) is 66.8 Å². The minimum atomic E-state index is -0.230. The van der Waals surface area contributed by atoms with Crippen molar-refractivity contribution in [2.45, 2.75) is 57.8 Å². The Hall–Kier alpha value is -16.4. The normalized spacial score (nSPS) is 13.3. The van der Waals surface area contributed by atoms with E-state index in [1.165, 1.54) is 180 Å². The van der Waals surface area contributed by atoms with Gasteiger partial charge < -0.3 is 23.5 Å². The van der Waals surface area contributed by atoms with E-state index in [1.807, 2.05) is 23.5 Å². The summed E-state index contributed by atoms with van der Waals surface area (Å²) in [7, 11) is 0. The lowest BCUT2D eigenvalue weighted by molar-refractivity contribution is 0.653. The third-order valence-electron chi connectivity index (χ3n) is 28.9. The molecule has 0 amide bonds. The average molecular weight is 1750 g/mol. The molecule has 3 aliphatic carbocycles. The highest BCUT2D eigenvalue weighted by molar-refractivity contribution is 7.26. The second kappa shape index (κ2) is 32.0. The fourth-order valence-corrected chi connectivity index (χ4v) is 23.4. The summed E-state index contributed by atoms with van der Waals surface area (Å²) in [5, 5.41) is 14.9. The third kappa shape index (κ3) is 13.5. The molecule has 0 aliphatic heterocycles. The van der Waals surface area contributed by atoms with Crippen LogP contribution in [0.25, 0.3) is 163 Å². The maximum atomic E-state index is 6.58. The first-order chi connectivity index (χ1) is 66.2. The summed E-state index contributed by atoms with van der Waals surface area (Å²) in [4.78, 5) is 7.16. The van der Waals surface area contributed by atoms with Gasteiger partial charge in [-0.1, -0.05) is 357 Å². The van der Waals surface area contributed by atoms with E-state index in [9.17, 15) is 0 Å². The summed E-state index contributed by atoms with van der Waals surface area (Å²) in [6, 6.07) is 165. The van der Waals surface area contributed by atoms with Gasteiger partial charge in [-0.2, -0.15) is 0 Å². The Kier molecular flexibility index (Phi) is 19.1. The minimum absolute atomic E-state index is 0.104. The number of nitrogens with zero attached hydrogens (tertiary/aromatic N) is 3. The van der Waals surface area contributed by atoms with Gasteiger partial charge in [0.15, 0.2) is 0 Å². The molecule has 0 saturated carbocycles. The van der Waals surface area contributed by atoms with Gasteiger partial charge in [0, 0.05) is 120 Å². The summed E-state index contributed by atoms with van der Waals surface area (Å²) < 4.78 is 15.9. The molecule has 0 atom stereocenters. The van der Waals surface area contributed by atoms with Crippen LogP contribution in [0.1, 0.15) is 74.9 Å². The zero-order chi connectivity index (χ0) is 90.4. The first-order valence-corrected chi connectivity index (χ1v) is 47.6. The highest BCUT2D eigenvalue weighted by atomic mass is 32.1. The average Bonchev–Trinajstić information content (AvgIpc) is 1.56. The quantitative estimate of drug-likeness (QED) is 0.122. The van der Waals surface area contributed by atoms with Gasteiger partial charge in [0.05, 0.1) is 5.69 Å². The molecule has 5 nitrogen and oxygen atoms in total. The summed E-state index contributed by atoms with van der Waals surface area (Å²) >= 11 is 1.93. The van der Waals surface area contributed by atoms with E-state index < -0.39 is 0 Å². The van der Waals surface area contributed by atoms with Crippen LogP contribution in [0.15, 0.2) is 464 Å². The minimum Gasteiger partial charge on any atom is -0.455 e. The maximum absolute atomic E-state index is 6.58. The van der Waals surface area contributed by atoms with Crippen molar-refractivity contribution in [3.63, 3.8) is 0 Å². The van der Waals surface area contributed by atoms with Gasteiger partial charge in [-0.05, 0) is 255 Å². The molecule has 0 unspecified atom stereocenters. The Morgan fingerprint density at radius 2 is 0.548 bits per heavy atom. The van der Waals surface area contributed by atoms with Crippen molar-refractivity contribution in [3.05, 3.63) is 488 Å². The number of fused-ring (bicyclic) bond motifs is 24. The first-order valence-electron chi connectivity index (χ1n) is 46.8. The predicted molar refractivity (Wildman–Crippen MR) is 572 cm³/mol. The SMILES string of the molecule is CC1(C)c2cc(N(c3ccccc3)c3ccc(-c4ccc5ccccc5c4)cc3)ccc2-c2c1ccc1c2oc2ccccc21.CC1(C)c2cc(N(c3ccccc3)c3ccc(-c4ccc5ccccc5c4)cc3)ccc2-c2c1ccc1c2sc2ccccc21.CC1(C)c2ccc3c(oc4ccccc43)c2-c2cccc(N(c3ccccc3)c3ccc(-c4ccc5ccccc5c4)cc3)c21. The molecule has 0 saturated heterocycles. The summed E-state index contributed by atoms with van der Waals surface area (Å²) in [5.41, 5.74) is 36.7. The fraction of sp³-hybridized carbons (Fsp3) is 0.0698. The number of rotatable bonds is 12. The van der Waals surface area contributed by atoms with E-state index >= 15 is 0 Å². The van der Waals surface area contributed by atoms with Gasteiger partial charge in [0.1, 0.15) is 22.3 Å². The van der Waals surface area contributed by atoms with Crippen LogP contribution in [-0.2, 0) is 16.2 Å². The molecule has 6 heteroatoms. The molecule has 21 aromatic carbocycles. The molecule has 3 aliphatic rings. The van der Waals surface area contributed by atoms with E-state index in [0.717, 1.165) is 67.5 Å². The standard InChI is InChI=1S/2C43H31NO.C43H31NS/c1-43(2)37-26-25-35-34-15-8-9-18-39(34)45-42(35)40(37)36-16-10-17-38(41(36)43)44(32-13-4-3-5-14-32)33-23-21-29(22-24-33)31-20-19-28-11-6-7-12-30(28)27-31;2*1-43(2)38-25-24-36-35-14-8-9-15-40(35)45-42(36)41(38)37-23-22-34(27-39(37)43)44(32-12-4-3-5-13-32)33-20-18-29(19-21-33)31-17-16-28-10-6-7-11-30(28)26-31/h3*3-27H,1-2H3. The zero-order valence-corrected chi connectivity index (χ0v) is 76.7. The van der Waals surface area contributed by atoms with Gasteiger partial charge in [-0.15, -0.1) is 11.3 Å². The Balaban J connectivity index is 0.000000108. The van der Waals surface area contributed by atoms with Crippen LogP contribution in [0.2, 0.25) is 0 Å². The number of furan rings is 2. The number of hydrogen-bond acceptors (Lipinski definition) is 6. The summed E-state index contributed by atoms with van der Waals surface area (Å²) in [6.07, 6.45) is 0. The smallest absolute Gasteiger partial charge is 0.143 e. The van der Waals surface area contributed by atoms with Crippen LogP contribution in [0.5, 0.6) is 0 Å². The Labute approximate surface area is 789 Å². The molecular weight excluding hydrogens is 1660 g/mol. The molecule has 0 radical (unpaired) electrons. The second-order valence-electron chi connectivity index (χ2n) is 37.8. The van der Waals surface area contributed by atoms with Crippen LogP contribution in [0.4, 0.5) is 51.2 Å². The lowest BCUT2D eigenvalue weighted by Gasteiger charge is -2.32. The Bertz CT molecular complexity index is 8480. The van der Waals surface area contributed by atoms with Crippen molar-refractivity contribution >= 4 is 159 Å². The van der Waals surface area contributed by atoms with Gasteiger partial charge in [-0.3, -0.25) is 0 Å². The summed E-state index contributed by atoms with van der Waals surface area (Å²) in [5.74, 6) is 0. The lowest BCUT2D eigenvalue weighted by Crippen LogP contribution is -2.20. The van der Waals surface area contributed by atoms with Gasteiger partial charge >= 0.3 is 0 Å². The predicted octanol–water partition coefficient (Wildman–Crippen LogP) is 37.0. The molecule has 0 N–H and O–H groups in total. The molecule has 0 fully saturated rings. The number of thiophene rings is 1. The van der Waals surface area contributed by atoms with E-state index in [0.29, 0.717) is 0 Å². The van der Waals surface area contributed by atoms with Gasteiger partial charge in [0.25, 0.3) is 0 Å². The molecule has 642 valence electrons. The van der Waals surface area contributed by atoms with Gasteiger partial charge in [0.2, 0.25) is 0 Å². The van der Waals surface area contributed by atoms with Crippen LogP contribution in [0, 0.1) is 0 Å². The van der Waals surface area contributed by atoms with Crippen molar-refractivity contribution in [1.82, 2.24) is 0 Å². The second-order valence-corrected chi connectivity index (χ2v) is 38.8. The number of anilines is 9. The van der Waals surface area contributed by atoms with E-state index in [-0.39, 0.29) is 16.2 Å². The van der Waals surface area contributed by atoms with Crippen molar-refractivity contribution < 1.29 is 8.83 Å². The number of para-hydroxylation sites is 5. The molecule has 0 spiro atoms. The highest BCUT2D eigenvalue weighted by Crippen LogP contribution is 2.60. The highest BCUT2D eigenvalue weighted by Gasteiger charge is 2.43. The van der Waals surface area contributed by atoms with E-state index in [4.69, 9.17) is 8.83 Å². The third-order valence-corrected chi connectivity index (χ3v) is 30.1. The number of hydrogen-bond donors (Lipinski definition) is 0. The van der Waals surface area contributed by atoms with Crippen molar-refractivity contribution in [1.29, 1.82) is 0 Å². The maximum Gasteiger partial charge on any atom is 0.143 e. The van der Waals surface area contributed by atoms with Crippen LogP contribution < -0.4 is 14.7 Å². The Morgan fingerprint density at radius 1 is 0.207 bits per heavy atom. The number of benzene rings is 21. The van der Waals surface area contributed by atoms with E-state index in [1.54, 1.807) is 0 Å². The molecule has 24 aromatic rings. The van der Waals surface area contributed by atoms with Crippen LogP contribution in [0.3, 0.4) is 0 Å². The van der Waals surface area contributed by atoms with Crippen LogP contribution >= 0.6 is 11.3 Å². The topological polar surface area (TPSA) is 36.0 Å². The first kappa shape index (κ1) is 80.7. The lowest BCUT2D eigenvalue weighted by atomic mass is 9.81. The largest absolute Gasteiger partial charge is 0.455 e. The fourth-order valence-electron chi connectivity index (χ4n) is 22.1. The molecule has 3 aromatic heterocycles. The monoisotopic (exact) mass is 1750 g/mol. The van der Waals surface area contributed by atoms with Crippen molar-refractivity contribution in [2.24, 2.45) is 0 Å². The molecular formula is C129H93N3O2S. The molecule has 27 rings (SSSR count). The summed E-state index contributed by atoms with van der Waals surface area (Å²) in [6.45, 7) is 14.1.